The summed E-state index contributed by atoms with van der Waals surface area (Å²) in [5.74, 6) is 0.666. The molecular formula is C18H17N3O3. The summed E-state index contributed by atoms with van der Waals surface area (Å²) in [6.45, 7) is 0.491. The smallest absolute Gasteiger partial charge is 0.255 e. The first-order valence-electron chi connectivity index (χ1n) is 8.03. The summed E-state index contributed by atoms with van der Waals surface area (Å²) in [5, 5.41) is 6.23. The number of carbonyl (C=O) groups is 1. The van der Waals surface area contributed by atoms with Gasteiger partial charge in [-0.3, -0.25) is 9.59 Å². The molecule has 0 unspecified atom stereocenters. The lowest BCUT2D eigenvalue weighted by atomic mass is 10.1. The van der Waals surface area contributed by atoms with E-state index in [-0.39, 0.29) is 17.5 Å². The Hall–Kier alpha value is -2.89. The molecule has 2 aromatic heterocycles. The van der Waals surface area contributed by atoms with Gasteiger partial charge in [0.25, 0.3) is 5.56 Å². The molecule has 0 spiro atoms. The highest BCUT2D eigenvalue weighted by molar-refractivity contribution is 5.99. The number of hydrogen-bond acceptors (Lipinski definition) is 4. The van der Waals surface area contributed by atoms with Gasteiger partial charge in [-0.05, 0) is 41.5 Å². The van der Waals surface area contributed by atoms with Crippen LogP contribution in [0.1, 0.15) is 19.3 Å². The molecule has 2 N–H and O–H groups in total. The summed E-state index contributed by atoms with van der Waals surface area (Å²) in [7, 11) is 0. The van der Waals surface area contributed by atoms with Crippen LogP contribution in [0.15, 0.2) is 41.5 Å². The van der Waals surface area contributed by atoms with Crippen molar-refractivity contribution < 1.29 is 9.53 Å². The van der Waals surface area contributed by atoms with Gasteiger partial charge in [0, 0.05) is 42.0 Å². The van der Waals surface area contributed by atoms with Crippen molar-refractivity contribution >= 4 is 27.5 Å². The first kappa shape index (κ1) is 14.7. The van der Waals surface area contributed by atoms with Gasteiger partial charge in [-0.1, -0.05) is 0 Å². The predicted molar refractivity (Wildman–Crippen MR) is 91.1 cm³/mol. The van der Waals surface area contributed by atoms with Crippen molar-refractivity contribution in [2.45, 2.75) is 25.3 Å². The molecule has 6 nitrogen and oxygen atoms in total. The largest absolute Gasteiger partial charge is 0.477 e. The lowest BCUT2D eigenvalue weighted by Gasteiger charge is -2.12. The minimum atomic E-state index is -0.106. The lowest BCUT2D eigenvalue weighted by molar-refractivity contribution is -0.119. The number of ether oxygens (including phenoxy) is 1. The predicted octanol–water partition coefficient (Wildman–Crippen LogP) is 2.12. The molecule has 1 aliphatic heterocycles. The Kier molecular flexibility index (Phi) is 3.65. The zero-order valence-electron chi connectivity index (χ0n) is 13.0. The van der Waals surface area contributed by atoms with E-state index >= 15 is 0 Å². The number of aromatic amines is 1. The highest BCUT2D eigenvalue weighted by Gasteiger charge is 2.20. The van der Waals surface area contributed by atoms with Crippen molar-refractivity contribution in [2.24, 2.45) is 0 Å². The molecule has 0 radical (unpaired) electrons. The van der Waals surface area contributed by atoms with E-state index < -0.39 is 0 Å². The second-order valence-electron chi connectivity index (χ2n) is 6.02. The molecule has 3 heterocycles. The number of nitrogens with zero attached hydrogens (tertiary/aromatic N) is 1. The van der Waals surface area contributed by atoms with Crippen molar-refractivity contribution in [3.63, 3.8) is 0 Å². The topological polar surface area (TPSA) is 84.1 Å². The molecule has 1 fully saturated rings. The van der Waals surface area contributed by atoms with Crippen molar-refractivity contribution in [2.75, 3.05) is 6.61 Å². The van der Waals surface area contributed by atoms with Gasteiger partial charge in [0.2, 0.25) is 11.8 Å². The Balaban J connectivity index is 1.61. The molecule has 4 rings (SSSR count). The number of H-pyrrole nitrogens is 1. The Morgan fingerprint density at radius 3 is 2.83 bits per heavy atom. The average molecular weight is 323 g/mol. The van der Waals surface area contributed by atoms with Crippen molar-refractivity contribution in [1.29, 1.82) is 0 Å². The third-order valence-corrected chi connectivity index (χ3v) is 4.41. The number of nitrogens with one attached hydrogen (secondary N) is 2. The summed E-state index contributed by atoms with van der Waals surface area (Å²) in [6.07, 6.45) is 5.53. The van der Waals surface area contributed by atoms with Crippen LogP contribution in [0, 0.1) is 0 Å². The normalized spacial score (nSPS) is 17.3. The summed E-state index contributed by atoms with van der Waals surface area (Å²) >= 11 is 0. The number of benzene rings is 1. The van der Waals surface area contributed by atoms with E-state index in [9.17, 15) is 9.59 Å². The summed E-state index contributed by atoms with van der Waals surface area (Å²) < 4.78 is 5.85. The van der Waals surface area contributed by atoms with Crippen LogP contribution in [-0.2, 0) is 4.79 Å². The molecule has 1 saturated heterocycles. The molecule has 1 atom stereocenters. The highest BCUT2D eigenvalue weighted by atomic mass is 16.5. The minimum absolute atomic E-state index is 0.106. The van der Waals surface area contributed by atoms with Crippen LogP contribution in [0.25, 0.3) is 21.5 Å². The molecule has 0 bridgehead atoms. The third kappa shape index (κ3) is 2.71. The van der Waals surface area contributed by atoms with E-state index in [4.69, 9.17) is 4.74 Å². The van der Waals surface area contributed by atoms with E-state index in [1.807, 2.05) is 24.3 Å². The number of amides is 1. The number of hydrogen-bond donors (Lipinski definition) is 2. The lowest BCUT2D eigenvalue weighted by Crippen LogP contribution is -2.26. The van der Waals surface area contributed by atoms with Crippen LogP contribution in [-0.4, -0.2) is 28.5 Å². The molecule has 0 aliphatic carbocycles. The SMILES string of the molecule is O=C1CC[C@@H](CCOc2nccc3cc4c(=O)[nH]ccc4cc23)N1. The van der Waals surface area contributed by atoms with Gasteiger partial charge in [-0.2, -0.15) is 0 Å². The van der Waals surface area contributed by atoms with Gasteiger partial charge in [0.05, 0.1) is 6.61 Å². The zero-order chi connectivity index (χ0) is 16.5. The van der Waals surface area contributed by atoms with E-state index in [0.29, 0.717) is 24.3 Å². The van der Waals surface area contributed by atoms with E-state index in [0.717, 1.165) is 29.0 Å². The van der Waals surface area contributed by atoms with E-state index in [1.165, 1.54) is 0 Å². The molecule has 6 heteroatoms. The van der Waals surface area contributed by atoms with Crippen LogP contribution in [0.3, 0.4) is 0 Å². The van der Waals surface area contributed by atoms with Crippen molar-refractivity contribution in [1.82, 2.24) is 15.3 Å². The van der Waals surface area contributed by atoms with Crippen LogP contribution >= 0.6 is 0 Å². The number of fused-ring (bicyclic) bond motifs is 2. The summed E-state index contributed by atoms with van der Waals surface area (Å²) in [6, 6.07) is 7.70. The van der Waals surface area contributed by atoms with Crippen molar-refractivity contribution in [3.05, 3.63) is 47.0 Å². The molecule has 1 aromatic carbocycles. The molecular weight excluding hydrogens is 306 g/mol. The number of carbonyl (C=O) groups excluding carboxylic acids is 1. The minimum Gasteiger partial charge on any atom is -0.477 e. The zero-order valence-corrected chi connectivity index (χ0v) is 13.0. The number of aromatic nitrogens is 2. The summed E-state index contributed by atoms with van der Waals surface area (Å²) in [5.41, 5.74) is -0.106. The van der Waals surface area contributed by atoms with E-state index in [2.05, 4.69) is 15.3 Å². The standard InChI is InChI=1S/C18H17N3O3/c22-16-2-1-13(21-16)5-8-24-18-15-10-11-3-6-19-17(23)14(11)9-12(15)4-7-20-18/h3-4,6-7,9-10,13H,1-2,5,8H2,(H,19,23)(H,21,22)/t13-/m0/s1. The highest BCUT2D eigenvalue weighted by Crippen LogP contribution is 2.27. The van der Waals surface area contributed by atoms with Gasteiger partial charge in [-0.15, -0.1) is 0 Å². The fourth-order valence-electron chi connectivity index (χ4n) is 3.14. The van der Waals surface area contributed by atoms with Gasteiger partial charge in [-0.25, -0.2) is 4.98 Å². The Bertz CT molecular complexity index is 980. The van der Waals surface area contributed by atoms with Crippen LogP contribution in [0.4, 0.5) is 0 Å². The van der Waals surface area contributed by atoms with Gasteiger partial charge < -0.3 is 15.0 Å². The molecule has 3 aromatic rings. The Morgan fingerprint density at radius 1 is 1.17 bits per heavy atom. The molecule has 122 valence electrons. The van der Waals surface area contributed by atoms with Crippen LogP contribution < -0.4 is 15.6 Å². The Morgan fingerprint density at radius 2 is 2.00 bits per heavy atom. The first-order valence-corrected chi connectivity index (χ1v) is 8.03. The maximum atomic E-state index is 11.9. The van der Waals surface area contributed by atoms with Gasteiger partial charge in [0.15, 0.2) is 0 Å². The number of rotatable bonds is 4. The maximum Gasteiger partial charge on any atom is 0.255 e. The number of pyridine rings is 2. The van der Waals surface area contributed by atoms with Crippen LogP contribution in [0.5, 0.6) is 5.88 Å². The second-order valence-corrected chi connectivity index (χ2v) is 6.02. The van der Waals surface area contributed by atoms with Crippen molar-refractivity contribution in [3.8, 4) is 5.88 Å². The molecule has 24 heavy (non-hydrogen) atoms. The first-order chi connectivity index (χ1) is 11.7. The average Bonchev–Trinajstić information content (AvgIpc) is 2.99. The fourth-order valence-corrected chi connectivity index (χ4v) is 3.14. The molecule has 0 saturated carbocycles. The van der Waals surface area contributed by atoms with Gasteiger partial charge >= 0.3 is 0 Å². The fraction of sp³-hybridized carbons (Fsp3) is 0.278. The van der Waals surface area contributed by atoms with E-state index in [1.54, 1.807) is 12.4 Å². The molecule has 1 amide bonds. The second kappa shape index (κ2) is 5.96. The Labute approximate surface area is 137 Å². The third-order valence-electron chi connectivity index (χ3n) is 4.41. The quantitative estimate of drug-likeness (QED) is 0.720. The monoisotopic (exact) mass is 323 g/mol. The summed E-state index contributed by atoms with van der Waals surface area (Å²) in [4.78, 5) is 30.1. The van der Waals surface area contributed by atoms with Gasteiger partial charge in [0.1, 0.15) is 0 Å². The van der Waals surface area contributed by atoms with Crippen LogP contribution in [0.2, 0.25) is 0 Å². The molecule has 1 aliphatic rings. The maximum absolute atomic E-state index is 11.9.